The molecule has 1 fully saturated rings. The van der Waals surface area contributed by atoms with Crippen LogP contribution in [0.2, 0.25) is 0 Å². The second kappa shape index (κ2) is 10.6. The van der Waals surface area contributed by atoms with Gasteiger partial charge in [0.25, 0.3) is 0 Å². The summed E-state index contributed by atoms with van der Waals surface area (Å²) in [4.78, 5) is 2.31. The SMILES string of the molecule is CCOCCN(CCOCC)CC(CO)NC1CC1. The van der Waals surface area contributed by atoms with Gasteiger partial charge < -0.3 is 19.9 Å². The molecule has 5 nitrogen and oxygen atoms in total. The third-order valence-electron chi connectivity index (χ3n) is 3.26. The molecule has 0 aromatic rings. The molecule has 0 aromatic carbocycles. The minimum atomic E-state index is 0.163. The van der Waals surface area contributed by atoms with Gasteiger partial charge >= 0.3 is 0 Å². The number of nitrogens with one attached hydrogen (secondary N) is 1. The molecular weight excluding hydrogens is 244 g/mol. The van der Waals surface area contributed by atoms with E-state index in [2.05, 4.69) is 10.2 Å². The largest absolute Gasteiger partial charge is 0.395 e. The van der Waals surface area contributed by atoms with Gasteiger partial charge in [-0.2, -0.15) is 0 Å². The van der Waals surface area contributed by atoms with E-state index in [4.69, 9.17) is 9.47 Å². The van der Waals surface area contributed by atoms with Crippen molar-refractivity contribution >= 4 is 0 Å². The fourth-order valence-corrected chi connectivity index (χ4v) is 2.03. The quantitative estimate of drug-likeness (QED) is 0.478. The lowest BCUT2D eigenvalue weighted by Gasteiger charge is -2.27. The Bertz CT molecular complexity index is 203. The van der Waals surface area contributed by atoms with Crippen LogP contribution in [-0.4, -0.2) is 74.8 Å². The molecule has 19 heavy (non-hydrogen) atoms. The van der Waals surface area contributed by atoms with Crippen molar-refractivity contribution < 1.29 is 14.6 Å². The summed E-state index contributed by atoms with van der Waals surface area (Å²) in [5.41, 5.74) is 0. The highest BCUT2D eigenvalue weighted by molar-refractivity contribution is 4.86. The van der Waals surface area contributed by atoms with Crippen LogP contribution in [0.1, 0.15) is 26.7 Å². The number of aliphatic hydroxyl groups is 1. The summed E-state index contributed by atoms with van der Waals surface area (Å²) in [5.74, 6) is 0. The van der Waals surface area contributed by atoms with Crippen LogP contribution < -0.4 is 5.32 Å². The average molecular weight is 274 g/mol. The van der Waals surface area contributed by atoms with Crippen molar-refractivity contribution in [3.05, 3.63) is 0 Å². The summed E-state index contributed by atoms with van der Waals surface area (Å²) in [6, 6.07) is 0.786. The Kier molecular flexibility index (Phi) is 9.38. The van der Waals surface area contributed by atoms with Gasteiger partial charge in [0.05, 0.1) is 19.8 Å². The highest BCUT2D eigenvalue weighted by Gasteiger charge is 2.25. The van der Waals surface area contributed by atoms with Crippen molar-refractivity contribution in [2.24, 2.45) is 0 Å². The molecule has 0 radical (unpaired) electrons. The van der Waals surface area contributed by atoms with Gasteiger partial charge in [0, 0.05) is 44.9 Å². The van der Waals surface area contributed by atoms with Crippen molar-refractivity contribution in [1.82, 2.24) is 10.2 Å². The molecule has 0 saturated heterocycles. The van der Waals surface area contributed by atoms with E-state index >= 15 is 0 Å². The first-order chi connectivity index (χ1) is 9.30. The number of nitrogens with zero attached hydrogens (tertiary/aromatic N) is 1. The van der Waals surface area contributed by atoms with Crippen LogP contribution >= 0.6 is 0 Å². The van der Waals surface area contributed by atoms with Gasteiger partial charge in [-0.25, -0.2) is 0 Å². The Hall–Kier alpha value is -0.200. The first kappa shape index (κ1) is 16.9. The average Bonchev–Trinajstić information content (AvgIpc) is 3.22. The Morgan fingerprint density at radius 1 is 1.16 bits per heavy atom. The van der Waals surface area contributed by atoms with Crippen molar-refractivity contribution in [1.29, 1.82) is 0 Å². The molecule has 114 valence electrons. The maximum Gasteiger partial charge on any atom is 0.0597 e. The van der Waals surface area contributed by atoms with Crippen molar-refractivity contribution in [2.75, 3.05) is 52.7 Å². The number of hydrogen-bond donors (Lipinski definition) is 2. The zero-order valence-electron chi connectivity index (χ0n) is 12.4. The summed E-state index contributed by atoms with van der Waals surface area (Å²) < 4.78 is 10.8. The molecule has 1 aliphatic carbocycles. The molecule has 5 heteroatoms. The van der Waals surface area contributed by atoms with Gasteiger partial charge in [-0.3, -0.25) is 4.90 Å². The smallest absolute Gasteiger partial charge is 0.0597 e. The molecule has 0 aromatic heterocycles. The number of hydrogen-bond acceptors (Lipinski definition) is 5. The number of rotatable bonds is 13. The maximum absolute atomic E-state index is 9.44. The number of aliphatic hydroxyl groups excluding tert-OH is 1. The fourth-order valence-electron chi connectivity index (χ4n) is 2.03. The molecule has 0 bridgehead atoms. The van der Waals surface area contributed by atoms with Crippen LogP contribution in [0.4, 0.5) is 0 Å². The minimum absolute atomic E-state index is 0.163. The molecule has 0 aliphatic heterocycles. The Labute approximate surface area is 117 Å². The highest BCUT2D eigenvalue weighted by atomic mass is 16.5. The molecule has 1 rings (SSSR count). The summed E-state index contributed by atoms with van der Waals surface area (Å²) >= 11 is 0. The molecule has 0 amide bonds. The van der Waals surface area contributed by atoms with Gasteiger partial charge in [-0.1, -0.05) is 0 Å². The Balaban J connectivity index is 2.26. The second-order valence-electron chi connectivity index (χ2n) is 5.01. The van der Waals surface area contributed by atoms with E-state index in [1.165, 1.54) is 12.8 Å². The maximum atomic E-state index is 9.44. The summed E-state index contributed by atoms with van der Waals surface area (Å²) in [6.07, 6.45) is 2.49. The topological polar surface area (TPSA) is 54.0 Å². The molecular formula is C14H30N2O3. The molecule has 1 aliphatic rings. The normalized spacial score (nSPS) is 17.1. The Morgan fingerprint density at radius 2 is 1.74 bits per heavy atom. The predicted molar refractivity (Wildman–Crippen MR) is 76.5 cm³/mol. The van der Waals surface area contributed by atoms with Crippen molar-refractivity contribution in [3.63, 3.8) is 0 Å². The second-order valence-corrected chi connectivity index (χ2v) is 5.01. The van der Waals surface area contributed by atoms with Gasteiger partial charge in [-0.05, 0) is 26.7 Å². The van der Waals surface area contributed by atoms with E-state index < -0.39 is 0 Å². The number of ether oxygens (including phenoxy) is 2. The van der Waals surface area contributed by atoms with Gasteiger partial charge in [-0.15, -0.1) is 0 Å². The van der Waals surface area contributed by atoms with Crippen LogP contribution in [0, 0.1) is 0 Å². The lowest BCUT2D eigenvalue weighted by atomic mass is 10.2. The summed E-state index contributed by atoms with van der Waals surface area (Å²) in [5, 5.41) is 12.9. The van der Waals surface area contributed by atoms with Gasteiger partial charge in [0.2, 0.25) is 0 Å². The van der Waals surface area contributed by atoms with E-state index in [0.29, 0.717) is 6.04 Å². The molecule has 1 unspecified atom stereocenters. The van der Waals surface area contributed by atoms with Crippen LogP contribution in [0.3, 0.4) is 0 Å². The third-order valence-corrected chi connectivity index (χ3v) is 3.26. The molecule has 2 N–H and O–H groups in total. The highest BCUT2D eigenvalue weighted by Crippen LogP contribution is 2.19. The van der Waals surface area contributed by atoms with Crippen LogP contribution in [0.5, 0.6) is 0 Å². The standard InChI is InChI=1S/C14H30N2O3/c1-3-18-9-7-16(8-10-19-4-2)11-14(12-17)15-13-5-6-13/h13-15,17H,3-12H2,1-2H3. The minimum Gasteiger partial charge on any atom is -0.395 e. The van der Waals surface area contributed by atoms with E-state index in [1.54, 1.807) is 0 Å². The van der Waals surface area contributed by atoms with Crippen molar-refractivity contribution in [3.8, 4) is 0 Å². The first-order valence-corrected chi connectivity index (χ1v) is 7.54. The fraction of sp³-hybridized carbons (Fsp3) is 1.00. The third kappa shape index (κ3) is 8.55. The van der Waals surface area contributed by atoms with Crippen LogP contribution in [0.25, 0.3) is 0 Å². The zero-order valence-corrected chi connectivity index (χ0v) is 12.4. The van der Waals surface area contributed by atoms with Gasteiger partial charge in [0.15, 0.2) is 0 Å². The van der Waals surface area contributed by atoms with Crippen molar-refractivity contribution in [2.45, 2.75) is 38.8 Å². The van der Waals surface area contributed by atoms with Crippen LogP contribution in [-0.2, 0) is 9.47 Å². The molecule has 1 saturated carbocycles. The van der Waals surface area contributed by atoms with E-state index in [0.717, 1.165) is 46.1 Å². The molecule has 0 spiro atoms. The Morgan fingerprint density at radius 3 is 2.16 bits per heavy atom. The van der Waals surface area contributed by atoms with E-state index in [1.807, 2.05) is 13.8 Å². The summed E-state index contributed by atoms with van der Waals surface area (Å²) in [7, 11) is 0. The zero-order chi connectivity index (χ0) is 13.9. The predicted octanol–water partition coefficient (Wildman–Crippen LogP) is 0.474. The monoisotopic (exact) mass is 274 g/mol. The van der Waals surface area contributed by atoms with Gasteiger partial charge in [0.1, 0.15) is 0 Å². The lowest BCUT2D eigenvalue weighted by molar-refractivity contribution is 0.0732. The lowest BCUT2D eigenvalue weighted by Crippen LogP contribution is -2.46. The van der Waals surface area contributed by atoms with E-state index in [-0.39, 0.29) is 12.6 Å². The molecule has 1 atom stereocenters. The van der Waals surface area contributed by atoms with E-state index in [9.17, 15) is 5.11 Å². The first-order valence-electron chi connectivity index (χ1n) is 7.54. The molecule has 0 heterocycles. The van der Waals surface area contributed by atoms with Crippen LogP contribution in [0.15, 0.2) is 0 Å². The summed E-state index contributed by atoms with van der Waals surface area (Å²) in [6.45, 7) is 9.84.